The first-order valence-electron chi connectivity index (χ1n) is 2.93. The predicted octanol–water partition coefficient (Wildman–Crippen LogP) is 2.22. The van der Waals surface area contributed by atoms with Crippen LogP contribution in [0.4, 0.5) is 0 Å². The average Bonchev–Trinajstić information content (AvgIpc) is 1.89. The van der Waals surface area contributed by atoms with Crippen LogP contribution in [-0.2, 0) is 0 Å². The van der Waals surface area contributed by atoms with E-state index < -0.39 is 0 Å². The number of hydrogen-bond donors (Lipinski definition) is 1. The van der Waals surface area contributed by atoms with Crippen molar-refractivity contribution < 1.29 is 5.11 Å². The molecule has 0 atom stereocenters. The number of aliphatic hydroxyl groups excluding tert-OH is 1. The maximum absolute atomic E-state index is 8.49. The summed E-state index contributed by atoms with van der Waals surface area (Å²) in [7, 11) is 0. The van der Waals surface area contributed by atoms with Gasteiger partial charge in [-0.3, -0.25) is 0 Å². The first-order chi connectivity index (χ1) is 4.31. The molecule has 52 valence electrons. The lowest BCUT2D eigenvalue weighted by Crippen LogP contribution is -1.76. The standard InChI is InChI=1S/C7H11BrO/c1-2-3-4-5-7(8)6-9/h3-5,9H,2,6H2,1H3/b4-3+,7-5-. The molecule has 0 aromatic rings. The molecular formula is C7H11BrO. The van der Waals surface area contributed by atoms with E-state index in [1.807, 2.05) is 18.2 Å². The Bertz CT molecular complexity index is 116. The molecule has 1 N–H and O–H groups in total. The van der Waals surface area contributed by atoms with Gasteiger partial charge in [-0.25, -0.2) is 0 Å². The average molecular weight is 191 g/mol. The Morgan fingerprint density at radius 2 is 2.33 bits per heavy atom. The van der Waals surface area contributed by atoms with E-state index in [2.05, 4.69) is 22.9 Å². The van der Waals surface area contributed by atoms with Gasteiger partial charge in [-0.15, -0.1) is 0 Å². The Hall–Kier alpha value is -0.0800. The molecule has 0 heterocycles. The van der Waals surface area contributed by atoms with Crippen LogP contribution in [0.1, 0.15) is 13.3 Å². The Kier molecular flexibility index (Phi) is 5.99. The topological polar surface area (TPSA) is 20.2 Å². The van der Waals surface area contributed by atoms with Crippen molar-refractivity contribution in [2.75, 3.05) is 6.61 Å². The van der Waals surface area contributed by atoms with E-state index in [9.17, 15) is 0 Å². The van der Waals surface area contributed by atoms with Gasteiger partial charge in [0.05, 0.1) is 6.61 Å². The fourth-order valence-electron chi connectivity index (χ4n) is 0.361. The van der Waals surface area contributed by atoms with E-state index in [1.54, 1.807) is 0 Å². The van der Waals surface area contributed by atoms with Crippen molar-refractivity contribution in [3.05, 3.63) is 22.7 Å². The summed E-state index contributed by atoms with van der Waals surface area (Å²) in [5.74, 6) is 0. The van der Waals surface area contributed by atoms with Gasteiger partial charge in [0.1, 0.15) is 0 Å². The molecule has 0 amide bonds. The molecule has 2 heteroatoms. The Morgan fingerprint density at radius 3 is 2.78 bits per heavy atom. The molecule has 0 aliphatic carbocycles. The molecule has 0 saturated heterocycles. The second-order valence-corrected chi connectivity index (χ2v) is 2.63. The van der Waals surface area contributed by atoms with Crippen LogP contribution in [0.5, 0.6) is 0 Å². The highest BCUT2D eigenvalue weighted by Gasteiger charge is 1.80. The minimum Gasteiger partial charge on any atom is -0.391 e. The van der Waals surface area contributed by atoms with Crippen LogP contribution in [0.3, 0.4) is 0 Å². The van der Waals surface area contributed by atoms with E-state index in [0.29, 0.717) is 0 Å². The summed E-state index contributed by atoms with van der Waals surface area (Å²) in [5.41, 5.74) is 0. The highest BCUT2D eigenvalue weighted by atomic mass is 79.9. The van der Waals surface area contributed by atoms with Gasteiger partial charge < -0.3 is 5.11 Å². The van der Waals surface area contributed by atoms with E-state index >= 15 is 0 Å². The number of halogens is 1. The largest absolute Gasteiger partial charge is 0.391 e. The zero-order valence-corrected chi connectivity index (χ0v) is 7.06. The highest BCUT2D eigenvalue weighted by Crippen LogP contribution is 2.02. The first kappa shape index (κ1) is 8.92. The third-order valence-electron chi connectivity index (χ3n) is 0.800. The smallest absolute Gasteiger partial charge is 0.0746 e. The van der Waals surface area contributed by atoms with Crippen molar-refractivity contribution in [1.82, 2.24) is 0 Å². The molecule has 0 saturated carbocycles. The Labute approximate surface area is 64.2 Å². The van der Waals surface area contributed by atoms with Gasteiger partial charge >= 0.3 is 0 Å². The fourth-order valence-corrected chi connectivity index (χ4v) is 0.514. The molecule has 9 heavy (non-hydrogen) atoms. The SMILES string of the molecule is CC/C=C/C=C(\Br)CO. The maximum atomic E-state index is 8.49. The zero-order valence-electron chi connectivity index (χ0n) is 5.47. The van der Waals surface area contributed by atoms with Crippen molar-refractivity contribution in [3.8, 4) is 0 Å². The lowest BCUT2D eigenvalue weighted by molar-refractivity contribution is 0.340. The van der Waals surface area contributed by atoms with Crippen molar-refractivity contribution in [2.45, 2.75) is 13.3 Å². The predicted molar refractivity (Wildman–Crippen MR) is 43.5 cm³/mol. The summed E-state index contributed by atoms with van der Waals surface area (Å²) in [5, 5.41) is 8.49. The van der Waals surface area contributed by atoms with E-state index in [4.69, 9.17) is 5.11 Å². The molecule has 0 spiro atoms. The van der Waals surface area contributed by atoms with E-state index in [-0.39, 0.29) is 6.61 Å². The van der Waals surface area contributed by atoms with Crippen LogP contribution in [0, 0.1) is 0 Å². The van der Waals surface area contributed by atoms with Crippen molar-refractivity contribution in [2.24, 2.45) is 0 Å². The molecule has 0 aromatic heterocycles. The minimum absolute atomic E-state index is 0.0774. The van der Waals surface area contributed by atoms with E-state index in [1.165, 1.54) is 0 Å². The highest BCUT2D eigenvalue weighted by molar-refractivity contribution is 9.11. The van der Waals surface area contributed by atoms with Gasteiger partial charge in [0.15, 0.2) is 0 Å². The van der Waals surface area contributed by atoms with Gasteiger partial charge in [0, 0.05) is 4.48 Å². The molecule has 0 fully saturated rings. The van der Waals surface area contributed by atoms with Crippen LogP contribution in [-0.4, -0.2) is 11.7 Å². The number of hydrogen-bond acceptors (Lipinski definition) is 1. The molecule has 0 aromatic carbocycles. The molecule has 0 radical (unpaired) electrons. The van der Waals surface area contributed by atoms with Crippen molar-refractivity contribution in [1.29, 1.82) is 0 Å². The van der Waals surface area contributed by atoms with Gasteiger partial charge in [0.2, 0.25) is 0 Å². The van der Waals surface area contributed by atoms with Crippen LogP contribution in [0.25, 0.3) is 0 Å². The molecule has 0 unspecified atom stereocenters. The molecule has 1 nitrogen and oxygen atoms in total. The Morgan fingerprint density at radius 1 is 1.67 bits per heavy atom. The zero-order chi connectivity index (χ0) is 7.11. The quantitative estimate of drug-likeness (QED) is 0.678. The molecule has 0 aliphatic heterocycles. The van der Waals surface area contributed by atoms with Crippen LogP contribution in [0.15, 0.2) is 22.7 Å². The van der Waals surface area contributed by atoms with Crippen LogP contribution < -0.4 is 0 Å². The molecule has 0 aliphatic rings. The van der Waals surface area contributed by atoms with Crippen molar-refractivity contribution >= 4 is 15.9 Å². The van der Waals surface area contributed by atoms with Crippen LogP contribution in [0.2, 0.25) is 0 Å². The van der Waals surface area contributed by atoms with Crippen LogP contribution >= 0.6 is 15.9 Å². The second kappa shape index (κ2) is 6.05. The lowest BCUT2D eigenvalue weighted by atomic mass is 10.4. The minimum atomic E-state index is 0.0774. The number of allylic oxidation sites excluding steroid dienone is 3. The Balaban J connectivity index is 3.55. The molecule has 0 rings (SSSR count). The summed E-state index contributed by atoms with van der Waals surface area (Å²) < 4.78 is 0.812. The number of aliphatic hydroxyl groups is 1. The van der Waals surface area contributed by atoms with Gasteiger partial charge in [-0.1, -0.05) is 41.1 Å². The first-order valence-corrected chi connectivity index (χ1v) is 3.72. The lowest BCUT2D eigenvalue weighted by Gasteiger charge is -1.85. The fraction of sp³-hybridized carbons (Fsp3) is 0.429. The number of rotatable bonds is 3. The summed E-state index contributed by atoms with van der Waals surface area (Å²) in [6.07, 6.45) is 6.81. The second-order valence-electron chi connectivity index (χ2n) is 1.61. The summed E-state index contributed by atoms with van der Waals surface area (Å²) >= 11 is 3.17. The third-order valence-corrected chi connectivity index (χ3v) is 1.32. The maximum Gasteiger partial charge on any atom is 0.0746 e. The summed E-state index contributed by atoms with van der Waals surface area (Å²) in [6.45, 7) is 2.14. The third kappa shape index (κ3) is 5.80. The normalized spacial score (nSPS) is 13.0. The van der Waals surface area contributed by atoms with Gasteiger partial charge in [-0.2, -0.15) is 0 Å². The monoisotopic (exact) mass is 190 g/mol. The molecular weight excluding hydrogens is 180 g/mol. The van der Waals surface area contributed by atoms with Gasteiger partial charge in [0.25, 0.3) is 0 Å². The van der Waals surface area contributed by atoms with Gasteiger partial charge in [-0.05, 0) is 6.42 Å². The molecule has 0 bridgehead atoms. The van der Waals surface area contributed by atoms with E-state index in [0.717, 1.165) is 10.9 Å². The summed E-state index contributed by atoms with van der Waals surface area (Å²) in [4.78, 5) is 0. The summed E-state index contributed by atoms with van der Waals surface area (Å²) in [6, 6.07) is 0. The van der Waals surface area contributed by atoms with Crippen molar-refractivity contribution in [3.63, 3.8) is 0 Å².